The van der Waals surface area contributed by atoms with E-state index in [2.05, 4.69) is 20.8 Å². The number of unbranched alkanes of at least 4 members (excludes halogenated alkanes) is 8. The zero-order valence-corrected chi connectivity index (χ0v) is 13.1. The highest BCUT2D eigenvalue weighted by atomic mass is 15.4. The van der Waals surface area contributed by atoms with E-state index in [1.165, 1.54) is 64.2 Å². The van der Waals surface area contributed by atoms with Gasteiger partial charge < -0.3 is 0 Å². The SMILES string of the molecule is CCCCCCCCCCCN(N)CCC(C)C. The van der Waals surface area contributed by atoms with Gasteiger partial charge in [0, 0.05) is 13.1 Å². The molecular formula is C16H36N2. The van der Waals surface area contributed by atoms with E-state index in [1.807, 2.05) is 5.01 Å². The maximum Gasteiger partial charge on any atom is 0.0131 e. The molecule has 0 aliphatic rings. The average molecular weight is 256 g/mol. The largest absolute Gasteiger partial charge is 0.269 e. The lowest BCUT2D eigenvalue weighted by Gasteiger charge is -2.17. The van der Waals surface area contributed by atoms with Crippen LogP contribution in [0.5, 0.6) is 0 Å². The lowest BCUT2D eigenvalue weighted by molar-refractivity contribution is 0.259. The van der Waals surface area contributed by atoms with Crippen molar-refractivity contribution in [2.24, 2.45) is 11.8 Å². The Labute approximate surface area is 115 Å². The third-order valence-electron chi connectivity index (χ3n) is 3.54. The highest BCUT2D eigenvalue weighted by Crippen LogP contribution is 2.09. The van der Waals surface area contributed by atoms with Gasteiger partial charge in [-0.25, -0.2) is 5.01 Å². The molecule has 0 spiro atoms. The Hall–Kier alpha value is -0.0800. The molecule has 0 unspecified atom stereocenters. The maximum absolute atomic E-state index is 5.95. The summed E-state index contributed by atoms with van der Waals surface area (Å²) in [6.45, 7) is 8.91. The second kappa shape index (κ2) is 13.4. The Balaban J connectivity index is 3.10. The average Bonchev–Trinajstić information content (AvgIpc) is 2.34. The number of nitrogens with two attached hydrogens (primary N) is 1. The second-order valence-electron chi connectivity index (χ2n) is 6.05. The van der Waals surface area contributed by atoms with Gasteiger partial charge in [-0.2, -0.15) is 0 Å². The van der Waals surface area contributed by atoms with Crippen LogP contribution in [0.4, 0.5) is 0 Å². The minimum absolute atomic E-state index is 0.763. The van der Waals surface area contributed by atoms with E-state index in [-0.39, 0.29) is 0 Å². The molecule has 2 heteroatoms. The van der Waals surface area contributed by atoms with Crippen molar-refractivity contribution in [1.29, 1.82) is 0 Å². The van der Waals surface area contributed by atoms with E-state index in [4.69, 9.17) is 5.84 Å². The van der Waals surface area contributed by atoms with Crippen LogP contribution in [0.2, 0.25) is 0 Å². The molecule has 110 valence electrons. The monoisotopic (exact) mass is 256 g/mol. The van der Waals surface area contributed by atoms with Crippen LogP contribution in [-0.2, 0) is 0 Å². The third-order valence-corrected chi connectivity index (χ3v) is 3.54. The summed E-state index contributed by atoms with van der Waals surface area (Å²) in [5.41, 5.74) is 0. The fourth-order valence-electron chi connectivity index (χ4n) is 2.16. The highest BCUT2D eigenvalue weighted by Gasteiger charge is 2.00. The summed E-state index contributed by atoms with van der Waals surface area (Å²) < 4.78 is 0. The molecule has 0 heterocycles. The second-order valence-corrected chi connectivity index (χ2v) is 6.05. The number of hydrazine groups is 1. The standard InChI is InChI=1S/C16H36N2/c1-4-5-6-7-8-9-10-11-12-14-18(17)15-13-16(2)3/h16H,4-15,17H2,1-3H3. The van der Waals surface area contributed by atoms with Crippen molar-refractivity contribution in [2.75, 3.05) is 13.1 Å². The summed E-state index contributed by atoms with van der Waals surface area (Å²) >= 11 is 0. The number of rotatable bonds is 13. The van der Waals surface area contributed by atoms with Gasteiger partial charge in [0.15, 0.2) is 0 Å². The van der Waals surface area contributed by atoms with Crippen LogP contribution >= 0.6 is 0 Å². The van der Waals surface area contributed by atoms with Gasteiger partial charge in [0.2, 0.25) is 0 Å². The molecule has 0 saturated heterocycles. The predicted octanol–water partition coefficient (Wildman–Crippen LogP) is 4.74. The molecule has 0 radical (unpaired) electrons. The van der Waals surface area contributed by atoms with E-state index < -0.39 is 0 Å². The van der Waals surface area contributed by atoms with Crippen molar-refractivity contribution < 1.29 is 0 Å². The first-order chi connectivity index (χ1) is 8.66. The van der Waals surface area contributed by atoms with E-state index in [0.717, 1.165) is 19.0 Å². The van der Waals surface area contributed by atoms with Crippen molar-refractivity contribution in [3.05, 3.63) is 0 Å². The summed E-state index contributed by atoms with van der Waals surface area (Å²) in [5.74, 6) is 6.71. The molecule has 0 aromatic carbocycles. The number of nitrogens with zero attached hydrogens (tertiary/aromatic N) is 1. The van der Waals surface area contributed by atoms with Gasteiger partial charge in [0.25, 0.3) is 0 Å². The van der Waals surface area contributed by atoms with Gasteiger partial charge in [0.1, 0.15) is 0 Å². The summed E-state index contributed by atoms with van der Waals surface area (Å²) in [6, 6.07) is 0. The number of hydrogen-bond acceptors (Lipinski definition) is 2. The van der Waals surface area contributed by atoms with E-state index in [1.54, 1.807) is 0 Å². The molecule has 0 atom stereocenters. The molecule has 2 N–H and O–H groups in total. The Kier molecular flexibility index (Phi) is 13.3. The summed E-state index contributed by atoms with van der Waals surface area (Å²) in [5, 5.41) is 2.00. The van der Waals surface area contributed by atoms with Gasteiger partial charge >= 0.3 is 0 Å². The Morgan fingerprint density at radius 3 is 1.78 bits per heavy atom. The van der Waals surface area contributed by atoms with Gasteiger partial charge in [0.05, 0.1) is 0 Å². The molecule has 18 heavy (non-hydrogen) atoms. The first-order valence-electron chi connectivity index (χ1n) is 8.16. The van der Waals surface area contributed by atoms with E-state index in [0.29, 0.717) is 0 Å². The van der Waals surface area contributed by atoms with Crippen LogP contribution in [0.1, 0.15) is 85.0 Å². The minimum Gasteiger partial charge on any atom is -0.269 e. The molecule has 0 rings (SSSR count). The molecular weight excluding hydrogens is 220 g/mol. The Bertz CT molecular complexity index is 157. The topological polar surface area (TPSA) is 29.3 Å². The van der Waals surface area contributed by atoms with Gasteiger partial charge in [-0.15, -0.1) is 0 Å². The van der Waals surface area contributed by atoms with Crippen LogP contribution in [-0.4, -0.2) is 18.1 Å². The van der Waals surface area contributed by atoms with Crippen LogP contribution in [0.25, 0.3) is 0 Å². The fourth-order valence-corrected chi connectivity index (χ4v) is 2.16. The van der Waals surface area contributed by atoms with Gasteiger partial charge in [-0.05, 0) is 18.8 Å². The summed E-state index contributed by atoms with van der Waals surface area (Å²) in [6.07, 6.45) is 13.7. The number of hydrogen-bond donors (Lipinski definition) is 1. The molecule has 0 aliphatic heterocycles. The van der Waals surface area contributed by atoms with Crippen LogP contribution in [0, 0.1) is 5.92 Å². The lowest BCUT2D eigenvalue weighted by Crippen LogP contribution is -2.33. The minimum atomic E-state index is 0.763. The molecule has 0 fully saturated rings. The van der Waals surface area contributed by atoms with Crippen molar-refractivity contribution >= 4 is 0 Å². The lowest BCUT2D eigenvalue weighted by atomic mass is 10.1. The first-order valence-corrected chi connectivity index (χ1v) is 8.16. The predicted molar refractivity (Wildman–Crippen MR) is 82.4 cm³/mol. The molecule has 0 bridgehead atoms. The smallest absolute Gasteiger partial charge is 0.0131 e. The van der Waals surface area contributed by atoms with E-state index >= 15 is 0 Å². The van der Waals surface area contributed by atoms with Crippen molar-refractivity contribution in [3.63, 3.8) is 0 Å². The zero-order valence-electron chi connectivity index (χ0n) is 13.1. The van der Waals surface area contributed by atoms with Gasteiger partial charge in [-0.3, -0.25) is 5.84 Å². The highest BCUT2D eigenvalue weighted by molar-refractivity contribution is 4.53. The molecule has 0 aromatic heterocycles. The van der Waals surface area contributed by atoms with Crippen molar-refractivity contribution in [3.8, 4) is 0 Å². The molecule has 0 aromatic rings. The normalized spacial score (nSPS) is 11.7. The molecule has 0 saturated carbocycles. The molecule has 0 amide bonds. The summed E-state index contributed by atoms with van der Waals surface area (Å²) in [4.78, 5) is 0. The van der Waals surface area contributed by atoms with Gasteiger partial charge in [-0.1, -0.05) is 72.1 Å². The summed E-state index contributed by atoms with van der Waals surface area (Å²) in [7, 11) is 0. The quantitative estimate of drug-likeness (QED) is 0.293. The van der Waals surface area contributed by atoms with Crippen LogP contribution in [0.3, 0.4) is 0 Å². The Morgan fingerprint density at radius 1 is 0.778 bits per heavy atom. The first kappa shape index (κ1) is 17.9. The third kappa shape index (κ3) is 14.0. The molecule has 2 nitrogen and oxygen atoms in total. The van der Waals surface area contributed by atoms with Crippen molar-refractivity contribution in [1.82, 2.24) is 5.01 Å². The van der Waals surface area contributed by atoms with Crippen LogP contribution < -0.4 is 5.84 Å². The van der Waals surface area contributed by atoms with E-state index in [9.17, 15) is 0 Å². The van der Waals surface area contributed by atoms with Crippen LogP contribution in [0.15, 0.2) is 0 Å². The zero-order chi connectivity index (χ0) is 13.6. The Morgan fingerprint density at radius 2 is 1.28 bits per heavy atom. The van der Waals surface area contributed by atoms with Crippen molar-refractivity contribution in [2.45, 2.75) is 85.0 Å². The fraction of sp³-hybridized carbons (Fsp3) is 1.00. The molecule has 0 aliphatic carbocycles. The maximum atomic E-state index is 5.95.